The summed E-state index contributed by atoms with van der Waals surface area (Å²) in [6, 6.07) is 60.1. The number of hydrogen-bond donors (Lipinski definition) is 3. The lowest BCUT2D eigenvalue weighted by molar-refractivity contribution is 1.11. The number of hydrogen-bond acceptors (Lipinski definition) is 3. The number of aromatic amines is 2. The van der Waals surface area contributed by atoms with E-state index in [9.17, 15) is 0 Å². The first kappa shape index (κ1) is 43.1. The van der Waals surface area contributed by atoms with E-state index in [1.165, 1.54) is 27.8 Å². The molecule has 5 heterocycles. The number of allylic oxidation sites excluding steroid dienone is 4. The molecule has 6 aromatic carbocycles. The molecule has 12 rings (SSSR count). The van der Waals surface area contributed by atoms with Gasteiger partial charge >= 0.3 is 0 Å². The first-order chi connectivity index (χ1) is 34.8. The number of H-pyrrole nitrogens is 2. The maximum absolute atomic E-state index is 5.96. The van der Waals surface area contributed by atoms with Crippen LogP contribution in [-0.2, 0) is 0 Å². The van der Waals surface area contributed by atoms with Gasteiger partial charge in [0.2, 0.25) is 0 Å². The lowest BCUT2D eigenvalue weighted by Crippen LogP contribution is -1.91. The third kappa shape index (κ3) is 8.54. The third-order valence-electron chi connectivity index (χ3n) is 13.7. The molecule has 0 fully saturated rings. The van der Waals surface area contributed by atoms with Gasteiger partial charge in [0.05, 0.1) is 22.8 Å². The van der Waals surface area contributed by atoms with Crippen LogP contribution < -0.4 is 5.73 Å². The van der Waals surface area contributed by atoms with Crippen molar-refractivity contribution in [2.45, 2.75) is 26.7 Å². The average Bonchev–Trinajstić information content (AvgIpc) is 4.27. The van der Waals surface area contributed by atoms with Crippen LogP contribution in [0.2, 0.25) is 0 Å². The number of anilines is 1. The van der Waals surface area contributed by atoms with Gasteiger partial charge in [-0.15, -0.1) is 0 Å². The molecular formula is C66H49N5. The summed E-state index contributed by atoms with van der Waals surface area (Å²) in [6.45, 7) is 6.38. The number of nitrogens with two attached hydrogens (primary N) is 1. The molecule has 0 spiro atoms. The van der Waals surface area contributed by atoms with Gasteiger partial charge in [0.15, 0.2) is 0 Å². The summed E-state index contributed by atoms with van der Waals surface area (Å²) in [4.78, 5) is 18.8. The topological polar surface area (TPSA) is 83.4 Å². The summed E-state index contributed by atoms with van der Waals surface area (Å²) in [6.07, 6.45) is 15.5. The van der Waals surface area contributed by atoms with E-state index in [1.807, 2.05) is 24.3 Å². The Hall–Kier alpha value is -9.24. The van der Waals surface area contributed by atoms with Crippen molar-refractivity contribution in [1.82, 2.24) is 19.9 Å². The molecule has 1 aliphatic carbocycles. The van der Waals surface area contributed by atoms with E-state index in [0.29, 0.717) is 5.69 Å². The van der Waals surface area contributed by atoms with Crippen molar-refractivity contribution in [3.63, 3.8) is 0 Å². The predicted octanol–water partition coefficient (Wildman–Crippen LogP) is 16.0. The molecule has 0 radical (unpaired) electrons. The second kappa shape index (κ2) is 18.0. The maximum Gasteiger partial charge on any atom is 0.0737 e. The van der Waals surface area contributed by atoms with Crippen LogP contribution in [0, 0.1) is 32.6 Å². The Balaban J connectivity index is 1.01. The molecule has 1 atom stereocenters. The number of rotatable bonds is 6. The molecule has 0 saturated heterocycles. The highest BCUT2D eigenvalue weighted by atomic mass is 14.8. The molecule has 0 saturated carbocycles. The van der Waals surface area contributed by atoms with E-state index in [2.05, 4.69) is 231 Å². The molecule has 2 aliphatic heterocycles. The molecular weight excluding hydrogens is 863 g/mol. The molecule has 4 N–H and O–H groups in total. The fourth-order valence-electron chi connectivity index (χ4n) is 9.87. The van der Waals surface area contributed by atoms with Crippen molar-refractivity contribution in [1.29, 1.82) is 0 Å². The molecule has 3 aliphatic rings. The van der Waals surface area contributed by atoms with Crippen molar-refractivity contribution in [2.75, 3.05) is 5.73 Å². The Bertz CT molecular complexity index is 3880. The molecule has 5 heteroatoms. The van der Waals surface area contributed by atoms with Crippen LogP contribution in [0.25, 0.3) is 96.5 Å². The number of nitrogens with one attached hydrogen (secondary N) is 2. The molecule has 0 amide bonds. The Kier molecular flexibility index (Phi) is 10.9. The first-order valence-electron chi connectivity index (χ1n) is 24.1. The van der Waals surface area contributed by atoms with Gasteiger partial charge in [-0.25, -0.2) is 9.97 Å². The maximum atomic E-state index is 5.96. The molecule has 71 heavy (non-hydrogen) atoms. The fourth-order valence-corrected chi connectivity index (χ4v) is 9.87. The predicted molar refractivity (Wildman–Crippen MR) is 298 cm³/mol. The molecule has 8 bridgehead atoms. The summed E-state index contributed by atoms with van der Waals surface area (Å²) in [5.74, 6) is 6.64. The van der Waals surface area contributed by atoms with E-state index < -0.39 is 0 Å². The van der Waals surface area contributed by atoms with Gasteiger partial charge in [-0.3, -0.25) is 0 Å². The summed E-state index contributed by atoms with van der Waals surface area (Å²) in [5, 5.41) is 0. The standard InChI is InChI=1S/C66H49N5/c1-41-7-17-48(18-8-41)63-55-31-33-57(68-55)64(49-19-9-42(2)10-20-49)59-35-37-61(70-59)66(62-38-36-60(71-62)65(58-34-32-56(63)69-58)50-21-11-43(3)12-22-50)51-27-25-47(26-28-51)53-30-29-52(40-53)46-23-15-44(16-24-46)13-14-45-5-4-6-54(67)39-45/h4-12,15-40,53,68,71H,67H2,1-3H3. The van der Waals surface area contributed by atoms with Crippen LogP contribution in [-0.4, -0.2) is 19.9 Å². The largest absolute Gasteiger partial charge is 0.399 e. The van der Waals surface area contributed by atoms with E-state index in [-0.39, 0.29) is 5.92 Å². The Labute approximate surface area is 414 Å². The zero-order valence-corrected chi connectivity index (χ0v) is 39.8. The van der Waals surface area contributed by atoms with Gasteiger partial charge in [-0.05, 0) is 139 Å². The quantitative estimate of drug-likeness (QED) is 0.115. The summed E-state index contributed by atoms with van der Waals surface area (Å²) >= 11 is 0. The van der Waals surface area contributed by atoms with E-state index in [4.69, 9.17) is 15.7 Å². The van der Waals surface area contributed by atoms with Crippen LogP contribution in [0.1, 0.15) is 67.6 Å². The van der Waals surface area contributed by atoms with Crippen LogP contribution >= 0.6 is 0 Å². The minimum atomic E-state index is 0.138. The van der Waals surface area contributed by atoms with Gasteiger partial charge in [-0.2, -0.15) is 0 Å². The molecule has 9 aromatic rings. The molecule has 5 nitrogen and oxygen atoms in total. The smallest absolute Gasteiger partial charge is 0.0737 e. The van der Waals surface area contributed by atoms with Crippen LogP contribution in [0.3, 0.4) is 0 Å². The van der Waals surface area contributed by atoms with E-state index in [0.717, 1.165) is 106 Å². The minimum Gasteiger partial charge on any atom is -0.399 e. The SMILES string of the molecule is Cc1ccc(-c2c3nc(c(-c4ccc(C)cc4)c4ccc([nH]4)c(-c4ccc(C5C=CC(c6ccc(C#Cc7cccc(N)c7)cc6)=C5)cc4)c4nc(c(-c5ccc(C)cc5)c5ccc2[nH]5)C=C4)C=C3)cc1. The number of nitrogens with zero attached hydrogens (tertiary/aromatic N) is 2. The number of aryl methyl sites for hydroxylation is 3. The molecule has 3 aromatic heterocycles. The van der Waals surface area contributed by atoms with Gasteiger partial charge < -0.3 is 15.7 Å². The number of benzene rings is 6. The van der Waals surface area contributed by atoms with Crippen LogP contribution in [0.4, 0.5) is 5.69 Å². The minimum absolute atomic E-state index is 0.138. The van der Waals surface area contributed by atoms with Crippen LogP contribution in [0.15, 0.2) is 188 Å². The van der Waals surface area contributed by atoms with Gasteiger partial charge in [0, 0.05) is 67.1 Å². The Morgan fingerprint density at radius 2 is 0.803 bits per heavy atom. The van der Waals surface area contributed by atoms with Crippen molar-refractivity contribution in [2.24, 2.45) is 0 Å². The average molecular weight is 912 g/mol. The van der Waals surface area contributed by atoms with Gasteiger partial charge in [0.1, 0.15) is 0 Å². The first-order valence-corrected chi connectivity index (χ1v) is 24.1. The lowest BCUT2D eigenvalue weighted by atomic mass is 9.96. The van der Waals surface area contributed by atoms with Crippen molar-refractivity contribution >= 4 is 57.6 Å². The summed E-state index contributed by atoms with van der Waals surface area (Å²) < 4.78 is 0. The van der Waals surface area contributed by atoms with E-state index in [1.54, 1.807) is 0 Å². The van der Waals surface area contributed by atoms with Crippen molar-refractivity contribution < 1.29 is 0 Å². The number of aromatic nitrogens is 4. The number of nitrogen functional groups attached to an aromatic ring is 1. The highest BCUT2D eigenvalue weighted by Crippen LogP contribution is 2.40. The fraction of sp³-hybridized carbons (Fsp3) is 0.0606. The number of fused-ring (bicyclic) bond motifs is 8. The second-order valence-corrected chi connectivity index (χ2v) is 18.7. The van der Waals surface area contributed by atoms with Gasteiger partial charge in [-0.1, -0.05) is 162 Å². The summed E-state index contributed by atoms with van der Waals surface area (Å²) in [5.41, 5.74) is 31.6. The molecule has 1 unspecified atom stereocenters. The zero-order chi connectivity index (χ0) is 48.0. The van der Waals surface area contributed by atoms with Gasteiger partial charge in [0.25, 0.3) is 0 Å². The Morgan fingerprint density at radius 3 is 1.23 bits per heavy atom. The zero-order valence-electron chi connectivity index (χ0n) is 39.8. The highest BCUT2D eigenvalue weighted by molar-refractivity contribution is 6.00. The van der Waals surface area contributed by atoms with Crippen molar-refractivity contribution in [3.8, 4) is 56.3 Å². The second-order valence-electron chi connectivity index (χ2n) is 18.7. The normalized spacial score (nSPS) is 13.6. The summed E-state index contributed by atoms with van der Waals surface area (Å²) in [7, 11) is 0. The lowest BCUT2D eigenvalue weighted by Gasteiger charge is -2.10. The van der Waals surface area contributed by atoms with Crippen molar-refractivity contribution in [3.05, 3.63) is 250 Å². The Morgan fingerprint density at radius 1 is 0.408 bits per heavy atom. The van der Waals surface area contributed by atoms with Crippen LogP contribution in [0.5, 0.6) is 0 Å². The monoisotopic (exact) mass is 911 g/mol. The van der Waals surface area contributed by atoms with E-state index >= 15 is 0 Å². The highest BCUT2D eigenvalue weighted by Gasteiger charge is 2.20. The third-order valence-corrected chi connectivity index (χ3v) is 13.7. The molecule has 338 valence electrons.